The van der Waals surface area contributed by atoms with E-state index in [-0.39, 0.29) is 11.7 Å². The molecule has 0 heterocycles. The number of hydrogen-bond acceptors (Lipinski definition) is 3. The molecule has 0 saturated heterocycles. The topological polar surface area (TPSA) is 63.6 Å². The van der Waals surface area contributed by atoms with Crippen molar-refractivity contribution >= 4 is 10.4 Å². The molecule has 0 fully saturated rings. The molecule has 0 amide bonds. The van der Waals surface area contributed by atoms with Gasteiger partial charge in [0, 0.05) is 0 Å². The highest BCUT2D eigenvalue weighted by Gasteiger charge is 2.13. The second-order valence-electron chi connectivity index (χ2n) is 3.71. The van der Waals surface area contributed by atoms with Gasteiger partial charge in [0.2, 0.25) is 0 Å². The summed E-state index contributed by atoms with van der Waals surface area (Å²) < 4.78 is 34.4. The van der Waals surface area contributed by atoms with Gasteiger partial charge in [-0.15, -0.1) is 0 Å². The number of rotatable bonds is 3. The van der Waals surface area contributed by atoms with Crippen LogP contribution in [0.1, 0.15) is 30.9 Å². The van der Waals surface area contributed by atoms with Gasteiger partial charge in [-0.05, 0) is 30.0 Å². The average Bonchev–Trinajstić information content (AvgIpc) is 1.99. The normalized spacial score (nSPS) is 11.8. The molecule has 0 aliphatic heterocycles. The van der Waals surface area contributed by atoms with Crippen LogP contribution in [-0.2, 0) is 10.4 Å². The zero-order chi connectivity index (χ0) is 11.6. The summed E-state index contributed by atoms with van der Waals surface area (Å²) in [5, 5.41) is 0. The second kappa shape index (κ2) is 4.20. The van der Waals surface area contributed by atoms with Crippen molar-refractivity contribution in [1.29, 1.82) is 0 Å². The van der Waals surface area contributed by atoms with Crippen molar-refractivity contribution in [2.24, 2.45) is 0 Å². The first-order valence-electron chi connectivity index (χ1n) is 4.57. The SMILES string of the molecule is Cc1ccc(C(C)C)c(OS(=O)(=O)O)c1. The largest absolute Gasteiger partial charge is 0.446 e. The minimum atomic E-state index is -4.45. The zero-order valence-electron chi connectivity index (χ0n) is 8.89. The Balaban J connectivity index is 3.19. The van der Waals surface area contributed by atoms with Gasteiger partial charge in [-0.3, -0.25) is 4.55 Å². The van der Waals surface area contributed by atoms with Gasteiger partial charge in [-0.25, -0.2) is 0 Å². The molecular weight excluding hydrogens is 216 g/mol. The monoisotopic (exact) mass is 230 g/mol. The molecule has 0 radical (unpaired) electrons. The summed E-state index contributed by atoms with van der Waals surface area (Å²) in [4.78, 5) is 0. The predicted molar refractivity (Wildman–Crippen MR) is 57.4 cm³/mol. The molecule has 15 heavy (non-hydrogen) atoms. The van der Waals surface area contributed by atoms with Crippen molar-refractivity contribution < 1.29 is 17.2 Å². The lowest BCUT2D eigenvalue weighted by Gasteiger charge is -2.12. The van der Waals surface area contributed by atoms with E-state index in [0.717, 1.165) is 11.1 Å². The van der Waals surface area contributed by atoms with Crippen molar-refractivity contribution in [2.45, 2.75) is 26.7 Å². The fraction of sp³-hybridized carbons (Fsp3) is 0.400. The second-order valence-corrected chi connectivity index (χ2v) is 4.73. The van der Waals surface area contributed by atoms with Gasteiger partial charge in [0.1, 0.15) is 5.75 Å². The van der Waals surface area contributed by atoms with Crippen LogP contribution in [0.3, 0.4) is 0 Å². The Morgan fingerprint density at radius 3 is 2.40 bits per heavy atom. The van der Waals surface area contributed by atoms with Crippen molar-refractivity contribution in [3.05, 3.63) is 29.3 Å². The van der Waals surface area contributed by atoms with E-state index < -0.39 is 10.4 Å². The Hall–Kier alpha value is -1.07. The lowest BCUT2D eigenvalue weighted by Crippen LogP contribution is -2.09. The van der Waals surface area contributed by atoms with Crippen LogP contribution in [-0.4, -0.2) is 13.0 Å². The molecule has 1 aromatic carbocycles. The van der Waals surface area contributed by atoms with Crippen molar-refractivity contribution in [3.63, 3.8) is 0 Å². The molecule has 0 atom stereocenters. The predicted octanol–water partition coefficient (Wildman–Crippen LogP) is 2.30. The van der Waals surface area contributed by atoms with Gasteiger partial charge in [0.15, 0.2) is 0 Å². The molecule has 1 N–H and O–H groups in total. The lowest BCUT2D eigenvalue weighted by atomic mass is 10.0. The highest BCUT2D eigenvalue weighted by atomic mass is 32.3. The molecule has 1 aromatic rings. The first kappa shape index (κ1) is 12.0. The van der Waals surface area contributed by atoms with Crippen LogP contribution in [0.5, 0.6) is 5.75 Å². The third-order valence-corrected chi connectivity index (χ3v) is 2.38. The average molecular weight is 230 g/mol. The Morgan fingerprint density at radius 1 is 1.33 bits per heavy atom. The molecule has 0 aliphatic carbocycles. The molecule has 0 aliphatic rings. The van der Waals surface area contributed by atoms with Crippen LogP contribution < -0.4 is 4.18 Å². The molecule has 5 heteroatoms. The molecule has 84 valence electrons. The first-order valence-corrected chi connectivity index (χ1v) is 5.93. The smallest absolute Gasteiger partial charge is 0.361 e. The summed E-state index contributed by atoms with van der Waals surface area (Å²) in [7, 11) is -4.45. The first-order chi connectivity index (χ1) is 6.79. The van der Waals surface area contributed by atoms with Crippen LogP contribution >= 0.6 is 0 Å². The van der Waals surface area contributed by atoms with Crippen molar-refractivity contribution in [2.75, 3.05) is 0 Å². The third kappa shape index (κ3) is 3.53. The molecule has 4 nitrogen and oxygen atoms in total. The Morgan fingerprint density at radius 2 is 1.93 bits per heavy atom. The van der Waals surface area contributed by atoms with Gasteiger partial charge in [0.05, 0.1) is 0 Å². The number of benzene rings is 1. The van der Waals surface area contributed by atoms with E-state index in [1.807, 2.05) is 26.8 Å². The minimum absolute atomic E-state index is 0.127. The number of aryl methyl sites for hydroxylation is 1. The van der Waals surface area contributed by atoms with Gasteiger partial charge >= 0.3 is 10.4 Å². The van der Waals surface area contributed by atoms with Crippen molar-refractivity contribution in [1.82, 2.24) is 0 Å². The van der Waals surface area contributed by atoms with E-state index in [1.54, 1.807) is 12.1 Å². The fourth-order valence-corrected chi connectivity index (χ4v) is 1.68. The van der Waals surface area contributed by atoms with Crippen LogP contribution in [0.25, 0.3) is 0 Å². The summed E-state index contributed by atoms with van der Waals surface area (Å²) in [5.41, 5.74) is 1.62. The summed E-state index contributed by atoms with van der Waals surface area (Å²) in [6.07, 6.45) is 0. The quantitative estimate of drug-likeness (QED) is 0.809. The van der Waals surface area contributed by atoms with E-state index in [9.17, 15) is 8.42 Å². The standard InChI is InChI=1S/C10H14O4S/c1-7(2)9-5-4-8(3)6-10(9)14-15(11,12)13/h4-7H,1-3H3,(H,11,12,13). The van der Waals surface area contributed by atoms with Gasteiger partial charge in [-0.1, -0.05) is 26.0 Å². The fourth-order valence-electron chi connectivity index (χ4n) is 1.30. The molecule has 0 unspecified atom stereocenters. The maximum absolute atomic E-state index is 10.6. The molecule has 0 spiro atoms. The maximum Gasteiger partial charge on any atom is 0.446 e. The van der Waals surface area contributed by atoms with E-state index in [0.29, 0.717) is 0 Å². The van der Waals surface area contributed by atoms with Crippen molar-refractivity contribution in [3.8, 4) is 5.75 Å². The maximum atomic E-state index is 10.6. The van der Waals surface area contributed by atoms with Gasteiger partial charge in [0.25, 0.3) is 0 Å². The van der Waals surface area contributed by atoms with Crippen LogP contribution in [0.15, 0.2) is 18.2 Å². The minimum Gasteiger partial charge on any atom is -0.361 e. The van der Waals surface area contributed by atoms with Crippen LogP contribution in [0, 0.1) is 6.92 Å². The summed E-state index contributed by atoms with van der Waals surface area (Å²) >= 11 is 0. The lowest BCUT2D eigenvalue weighted by molar-refractivity contribution is 0.384. The Labute approximate surface area is 89.8 Å². The molecule has 1 rings (SSSR count). The van der Waals surface area contributed by atoms with Gasteiger partial charge in [-0.2, -0.15) is 8.42 Å². The van der Waals surface area contributed by atoms with Crippen LogP contribution in [0.2, 0.25) is 0 Å². The summed E-state index contributed by atoms with van der Waals surface area (Å²) in [6.45, 7) is 5.66. The number of hydrogen-bond donors (Lipinski definition) is 1. The van der Waals surface area contributed by atoms with Crippen LogP contribution in [0.4, 0.5) is 0 Å². The van der Waals surface area contributed by atoms with E-state index in [1.165, 1.54) is 0 Å². The van der Waals surface area contributed by atoms with Gasteiger partial charge < -0.3 is 4.18 Å². The van der Waals surface area contributed by atoms with E-state index >= 15 is 0 Å². The third-order valence-electron chi connectivity index (χ3n) is 1.99. The summed E-state index contributed by atoms with van der Waals surface area (Å²) in [5.74, 6) is 0.315. The molecule has 0 saturated carbocycles. The Kier molecular flexibility index (Phi) is 3.36. The molecular formula is C10H14O4S. The zero-order valence-corrected chi connectivity index (χ0v) is 9.71. The molecule has 0 aromatic heterocycles. The van der Waals surface area contributed by atoms with E-state index in [2.05, 4.69) is 4.18 Å². The highest BCUT2D eigenvalue weighted by molar-refractivity contribution is 7.81. The highest BCUT2D eigenvalue weighted by Crippen LogP contribution is 2.28. The Bertz CT molecular complexity index is 448. The molecule has 0 bridgehead atoms. The van der Waals surface area contributed by atoms with E-state index in [4.69, 9.17) is 4.55 Å². The summed E-state index contributed by atoms with van der Waals surface area (Å²) in [6, 6.07) is 5.25.